The topological polar surface area (TPSA) is 42.0 Å². The average molecular weight is 188 g/mol. The molecule has 14 heavy (non-hydrogen) atoms. The van der Waals surface area contributed by atoms with Crippen molar-refractivity contribution in [3.8, 4) is 0 Å². The van der Waals surface area contributed by atoms with Gasteiger partial charge in [0, 0.05) is 24.4 Å². The summed E-state index contributed by atoms with van der Waals surface area (Å²) in [6, 6.07) is 4.22. The summed E-state index contributed by atoms with van der Waals surface area (Å²) in [4.78, 5) is 15.0. The van der Waals surface area contributed by atoms with E-state index in [1.807, 2.05) is 18.3 Å². The molecule has 1 saturated carbocycles. The third-order valence-electron chi connectivity index (χ3n) is 2.42. The summed E-state index contributed by atoms with van der Waals surface area (Å²) in [5.74, 6) is 0.342. The lowest BCUT2D eigenvalue weighted by atomic mass is 10.2. The Balaban J connectivity index is 1.94. The molecule has 2 atom stereocenters. The Morgan fingerprint density at radius 1 is 1.71 bits per heavy atom. The predicted molar refractivity (Wildman–Crippen MR) is 53.7 cm³/mol. The molecule has 1 aliphatic rings. The van der Waals surface area contributed by atoms with Crippen molar-refractivity contribution in [2.24, 2.45) is 0 Å². The van der Waals surface area contributed by atoms with Gasteiger partial charge in [0.15, 0.2) is 0 Å². The molecule has 1 heterocycles. The maximum absolute atomic E-state index is 11.0. The van der Waals surface area contributed by atoms with Gasteiger partial charge in [0.05, 0.1) is 0 Å². The Kier molecular flexibility index (Phi) is 2.31. The zero-order valence-corrected chi connectivity index (χ0v) is 7.81. The molecule has 0 aliphatic heterocycles. The first kappa shape index (κ1) is 8.94. The van der Waals surface area contributed by atoms with Crippen molar-refractivity contribution < 1.29 is 4.79 Å². The van der Waals surface area contributed by atoms with E-state index in [9.17, 15) is 4.79 Å². The molecule has 0 spiro atoms. The van der Waals surface area contributed by atoms with Crippen LogP contribution in [-0.2, 0) is 4.79 Å². The standard InChI is InChI=1S/C11H12N2O/c1-2-11(14)13-10-6-9(10)8-4-3-5-12-7-8/h2-5,7,9-10H,1,6H2,(H,13,14)/t9-,10+/m0/s1. The Bertz CT molecular complexity index is 348. The van der Waals surface area contributed by atoms with E-state index in [0.717, 1.165) is 6.42 Å². The molecule has 3 heteroatoms. The van der Waals surface area contributed by atoms with Crippen molar-refractivity contribution in [3.63, 3.8) is 0 Å². The molecule has 1 fully saturated rings. The van der Waals surface area contributed by atoms with E-state index >= 15 is 0 Å². The number of carbonyl (C=O) groups is 1. The highest BCUT2D eigenvalue weighted by molar-refractivity contribution is 5.87. The fraction of sp³-hybridized carbons (Fsp3) is 0.273. The zero-order chi connectivity index (χ0) is 9.97. The molecule has 0 unspecified atom stereocenters. The first-order valence-electron chi connectivity index (χ1n) is 4.64. The van der Waals surface area contributed by atoms with Gasteiger partial charge in [0.25, 0.3) is 0 Å². The van der Waals surface area contributed by atoms with Crippen LogP contribution in [0.5, 0.6) is 0 Å². The van der Waals surface area contributed by atoms with Crippen LogP contribution in [0.2, 0.25) is 0 Å². The fourth-order valence-corrected chi connectivity index (χ4v) is 1.56. The summed E-state index contributed by atoms with van der Waals surface area (Å²) in [6.07, 6.45) is 5.91. The van der Waals surface area contributed by atoms with E-state index < -0.39 is 0 Å². The lowest BCUT2D eigenvalue weighted by Crippen LogP contribution is -2.24. The smallest absolute Gasteiger partial charge is 0.243 e. The first-order chi connectivity index (χ1) is 6.81. The number of hydrogen-bond acceptors (Lipinski definition) is 2. The van der Waals surface area contributed by atoms with Crippen LogP contribution in [0.1, 0.15) is 17.9 Å². The van der Waals surface area contributed by atoms with Gasteiger partial charge in [-0.1, -0.05) is 12.6 Å². The summed E-state index contributed by atoms with van der Waals surface area (Å²) < 4.78 is 0. The number of nitrogens with one attached hydrogen (secondary N) is 1. The SMILES string of the molecule is C=CC(=O)N[C@@H]1C[C@H]1c1cccnc1. The van der Waals surface area contributed by atoms with Crippen molar-refractivity contribution in [2.45, 2.75) is 18.4 Å². The monoisotopic (exact) mass is 188 g/mol. The summed E-state index contributed by atoms with van der Waals surface area (Å²) in [5.41, 5.74) is 1.20. The number of amides is 1. The van der Waals surface area contributed by atoms with Gasteiger partial charge in [-0.05, 0) is 24.1 Å². The van der Waals surface area contributed by atoms with Crippen LogP contribution < -0.4 is 5.32 Å². The van der Waals surface area contributed by atoms with Gasteiger partial charge in [-0.15, -0.1) is 0 Å². The lowest BCUT2D eigenvalue weighted by molar-refractivity contribution is -0.116. The highest BCUT2D eigenvalue weighted by atomic mass is 16.1. The number of carbonyl (C=O) groups excluding carboxylic acids is 1. The van der Waals surface area contributed by atoms with E-state index in [2.05, 4.69) is 16.9 Å². The number of nitrogens with zero attached hydrogens (tertiary/aromatic N) is 1. The second kappa shape index (κ2) is 3.62. The van der Waals surface area contributed by atoms with Gasteiger partial charge in [-0.25, -0.2) is 0 Å². The summed E-state index contributed by atoms with van der Waals surface area (Å²) in [7, 11) is 0. The molecule has 3 nitrogen and oxygen atoms in total. The van der Waals surface area contributed by atoms with Crippen LogP contribution in [0.15, 0.2) is 37.2 Å². The second-order valence-corrected chi connectivity index (χ2v) is 3.45. The normalized spacial score (nSPS) is 24.0. The van der Waals surface area contributed by atoms with E-state index in [0.29, 0.717) is 5.92 Å². The number of pyridine rings is 1. The van der Waals surface area contributed by atoms with Gasteiger partial charge in [-0.3, -0.25) is 9.78 Å². The van der Waals surface area contributed by atoms with E-state index in [-0.39, 0.29) is 11.9 Å². The quantitative estimate of drug-likeness (QED) is 0.725. The van der Waals surface area contributed by atoms with E-state index in [1.54, 1.807) is 6.20 Å². The van der Waals surface area contributed by atoms with Gasteiger partial charge in [0.1, 0.15) is 0 Å². The van der Waals surface area contributed by atoms with Crippen molar-refractivity contribution in [3.05, 3.63) is 42.7 Å². The fourth-order valence-electron chi connectivity index (χ4n) is 1.56. The van der Waals surface area contributed by atoms with Crippen LogP contribution in [0.3, 0.4) is 0 Å². The maximum atomic E-state index is 11.0. The maximum Gasteiger partial charge on any atom is 0.243 e. The molecule has 2 rings (SSSR count). The molecule has 0 saturated heterocycles. The summed E-state index contributed by atoms with van der Waals surface area (Å²) in [6.45, 7) is 3.41. The molecule has 0 bridgehead atoms. The Morgan fingerprint density at radius 2 is 2.57 bits per heavy atom. The van der Waals surface area contributed by atoms with Crippen LogP contribution >= 0.6 is 0 Å². The van der Waals surface area contributed by atoms with Crippen molar-refractivity contribution in [1.29, 1.82) is 0 Å². The number of rotatable bonds is 3. The predicted octanol–water partition coefficient (Wildman–Crippen LogP) is 1.24. The Morgan fingerprint density at radius 3 is 3.21 bits per heavy atom. The molecule has 1 amide bonds. The molecule has 0 radical (unpaired) electrons. The minimum Gasteiger partial charge on any atom is -0.349 e. The van der Waals surface area contributed by atoms with Crippen LogP contribution in [0, 0.1) is 0 Å². The molecule has 0 aromatic carbocycles. The number of hydrogen-bond donors (Lipinski definition) is 1. The van der Waals surface area contributed by atoms with Gasteiger partial charge >= 0.3 is 0 Å². The molecule has 1 aromatic rings. The average Bonchev–Trinajstić information content (AvgIpc) is 2.98. The third kappa shape index (κ3) is 1.82. The van der Waals surface area contributed by atoms with Gasteiger partial charge in [-0.2, -0.15) is 0 Å². The largest absolute Gasteiger partial charge is 0.349 e. The zero-order valence-electron chi connectivity index (χ0n) is 7.81. The molecule has 1 N–H and O–H groups in total. The highest BCUT2D eigenvalue weighted by Gasteiger charge is 2.39. The van der Waals surface area contributed by atoms with E-state index in [1.165, 1.54) is 11.6 Å². The van der Waals surface area contributed by atoms with Crippen LogP contribution in [0.25, 0.3) is 0 Å². The number of aromatic nitrogens is 1. The van der Waals surface area contributed by atoms with Gasteiger partial charge < -0.3 is 5.32 Å². The van der Waals surface area contributed by atoms with Crippen LogP contribution in [-0.4, -0.2) is 16.9 Å². The lowest BCUT2D eigenvalue weighted by Gasteiger charge is -2.00. The molecular weight excluding hydrogens is 176 g/mol. The van der Waals surface area contributed by atoms with Crippen molar-refractivity contribution in [2.75, 3.05) is 0 Å². The minimum absolute atomic E-state index is 0.0959. The third-order valence-corrected chi connectivity index (χ3v) is 2.42. The second-order valence-electron chi connectivity index (χ2n) is 3.45. The van der Waals surface area contributed by atoms with Crippen molar-refractivity contribution in [1.82, 2.24) is 10.3 Å². The molecule has 1 aliphatic carbocycles. The van der Waals surface area contributed by atoms with Crippen LogP contribution in [0.4, 0.5) is 0 Å². The molecule has 1 aromatic heterocycles. The van der Waals surface area contributed by atoms with E-state index in [4.69, 9.17) is 0 Å². The molecular formula is C11H12N2O. The summed E-state index contributed by atoms with van der Waals surface area (Å²) in [5, 5.41) is 2.87. The molecule has 72 valence electrons. The van der Waals surface area contributed by atoms with Crippen molar-refractivity contribution >= 4 is 5.91 Å². The highest BCUT2D eigenvalue weighted by Crippen LogP contribution is 2.40. The van der Waals surface area contributed by atoms with Gasteiger partial charge in [0.2, 0.25) is 5.91 Å². The Hall–Kier alpha value is -1.64. The summed E-state index contributed by atoms with van der Waals surface area (Å²) >= 11 is 0. The first-order valence-corrected chi connectivity index (χ1v) is 4.64. The minimum atomic E-state index is -0.0959. The Labute approximate surface area is 82.9 Å².